The van der Waals surface area contributed by atoms with Crippen LogP contribution in [0.15, 0.2) is 47.8 Å². The molecule has 0 spiro atoms. The third-order valence-electron chi connectivity index (χ3n) is 4.34. The van der Waals surface area contributed by atoms with Gasteiger partial charge in [-0.3, -0.25) is 9.78 Å². The monoisotopic (exact) mass is 406 g/mol. The first kappa shape index (κ1) is 20.0. The van der Waals surface area contributed by atoms with Crippen LogP contribution in [0.1, 0.15) is 25.7 Å². The van der Waals surface area contributed by atoms with Crippen molar-refractivity contribution in [3.05, 3.63) is 42.9 Å². The first-order chi connectivity index (χ1) is 13.4. The number of aromatic nitrogens is 2. The maximum Gasteiger partial charge on any atom is 0.255 e. The van der Waals surface area contributed by atoms with Gasteiger partial charge in [-0.05, 0) is 49.9 Å². The number of benzene rings is 1. The lowest BCUT2D eigenvalue weighted by molar-refractivity contribution is -0.119. The van der Waals surface area contributed by atoms with E-state index in [9.17, 15) is 13.2 Å². The maximum atomic E-state index is 12.6. The van der Waals surface area contributed by atoms with Gasteiger partial charge in [0.2, 0.25) is 15.9 Å². The highest BCUT2D eigenvalue weighted by Gasteiger charge is 2.27. The van der Waals surface area contributed by atoms with Crippen LogP contribution in [0.5, 0.6) is 11.6 Å². The van der Waals surface area contributed by atoms with Crippen LogP contribution in [0.25, 0.3) is 0 Å². The van der Waals surface area contributed by atoms with Gasteiger partial charge >= 0.3 is 0 Å². The van der Waals surface area contributed by atoms with Crippen LogP contribution >= 0.6 is 0 Å². The fourth-order valence-electron chi connectivity index (χ4n) is 2.97. The lowest BCUT2D eigenvalue weighted by Gasteiger charge is -2.28. The highest BCUT2D eigenvalue weighted by molar-refractivity contribution is 7.89. The van der Waals surface area contributed by atoms with Crippen molar-refractivity contribution in [1.29, 1.82) is 0 Å². The number of nitrogens with zero attached hydrogens (tertiary/aromatic N) is 2. The Labute approximate surface area is 163 Å². The molecule has 0 aliphatic heterocycles. The van der Waals surface area contributed by atoms with Crippen molar-refractivity contribution < 1.29 is 22.7 Å². The molecule has 1 aliphatic rings. The summed E-state index contributed by atoms with van der Waals surface area (Å²) in [5, 5.41) is 0. The summed E-state index contributed by atoms with van der Waals surface area (Å²) in [4.78, 5) is 18.9. The maximum absolute atomic E-state index is 12.6. The highest BCUT2D eigenvalue weighted by Crippen LogP contribution is 2.24. The molecule has 2 aromatic rings. The van der Waals surface area contributed by atoms with Crippen LogP contribution in [0, 0.1) is 0 Å². The summed E-state index contributed by atoms with van der Waals surface area (Å²) in [5.41, 5.74) is 5.01. The Morgan fingerprint density at radius 1 is 1.14 bits per heavy atom. The zero-order valence-electron chi connectivity index (χ0n) is 15.2. The number of rotatable bonds is 8. The second-order valence-electron chi connectivity index (χ2n) is 6.48. The van der Waals surface area contributed by atoms with Crippen molar-refractivity contribution in [1.82, 2.24) is 14.7 Å². The van der Waals surface area contributed by atoms with E-state index in [1.54, 1.807) is 18.6 Å². The van der Waals surface area contributed by atoms with Crippen LogP contribution in [0.2, 0.25) is 0 Å². The molecule has 9 nitrogen and oxygen atoms in total. The Kier molecular flexibility index (Phi) is 6.42. The molecule has 10 heteroatoms. The fourth-order valence-corrected chi connectivity index (χ4v) is 4.28. The molecule has 28 heavy (non-hydrogen) atoms. The normalized spacial score (nSPS) is 19.7. The van der Waals surface area contributed by atoms with Crippen LogP contribution in [-0.4, -0.2) is 43.0 Å². The van der Waals surface area contributed by atoms with E-state index in [1.165, 1.54) is 24.3 Å². The summed E-state index contributed by atoms with van der Waals surface area (Å²) >= 11 is 0. The number of hydrogen-bond acceptors (Lipinski definition) is 7. The van der Waals surface area contributed by atoms with E-state index in [0.717, 1.165) is 12.8 Å². The number of ether oxygens (including phenoxy) is 2. The van der Waals surface area contributed by atoms with Crippen molar-refractivity contribution in [3.8, 4) is 11.6 Å². The fraction of sp³-hybridized carbons (Fsp3) is 0.389. The zero-order chi connectivity index (χ0) is 20.0. The number of carbonyl (C=O) groups is 1. The molecule has 0 radical (unpaired) electrons. The largest absolute Gasteiger partial charge is 0.484 e. The minimum absolute atomic E-state index is 0.000794. The topological polar surface area (TPSA) is 134 Å². The molecule has 3 rings (SSSR count). The molecule has 1 aromatic carbocycles. The molecule has 0 unspecified atom stereocenters. The molecule has 1 heterocycles. The molecule has 1 aromatic heterocycles. The van der Waals surface area contributed by atoms with E-state index in [-0.39, 0.29) is 23.6 Å². The second-order valence-corrected chi connectivity index (χ2v) is 8.20. The van der Waals surface area contributed by atoms with Gasteiger partial charge in [-0.2, -0.15) is 0 Å². The molecular formula is C18H22N4O5S. The first-order valence-electron chi connectivity index (χ1n) is 8.88. The van der Waals surface area contributed by atoms with Crippen molar-refractivity contribution >= 4 is 15.9 Å². The summed E-state index contributed by atoms with van der Waals surface area (Å²) in [6.45, 7) is -0.260. The lowest BCUT2D eigenvalue weighted by Crippen LogP contribution is -2.39. The smallest absolute Gasteiger partial charge is 0.255 e. The van der Waals surface area contributed by atoms with E-state index < -0.39 is 15.9 Å². The molecule has 1 amide bonds. The summed E-state index contributed by atoms with van der Waals surface area (Å²) in [7, 11) is -3.64. The van der Waals surface area contributed by atoms with Gasteiger partial charge in [0.1, 0.15) is 11.9 Å². The molecule has 0 atom stereocenters. The summed E-state index contributed by atoms with van der Waals surface area (Å²) in [6, 6.07) is 5.69. The van der Waals surface area contributed by atoms with Gasteiger partial charge in [-0.1, -0.05) is 0 Å². The third kappa shape index (κ3) is 5.64. The Bertz CT molecular complexity index is 882. The standard InChI is InChI=1S/C18H22N4O5S/c19-17(23)12-26-14-5-7-16(8-6-14)28(24,25)22-13-1-3-15(4-2-13)27-18-11-20-9-10-21-18/h5-11,13,15,22H,1-4,12H2,(H2,19,23). The summed E-state index contributed by atoms with van der Waals surface area (Å²) in [5.74, 6) is 0.252. The molecule has 1 saturated carbocycles. The third-order valence-corrected chi connectivity index (χ3v) is 5.87. The van der Waals surface area contributed by atoms with Crippen molar-refractivity contribution in [3.63, 3.8) is 0 Å². The number of carbonyl (C=O) groups excluding carboxylic acids is 1. The molecule has 1 fully saturated rings. The average Bonchev–Trinajstić information content (AvgIpc) is 2.69. The van der Waals surface area contributed by atoms with E-state index in [4.69, 9.17) is 15.2 Å². The van der Waals surface area contributed by atoms with E-state index in [1.807, 2.05) is 0 Å². The van der Waals surface area contributed by atoms with Crippen molar-refractivity contribution in [2.75, 3.05) is 6.61 Å². The highest BCUT2D eigenvalue weighted by atomic mass is 32.2. The quantitative estimate of drug-likeness (QED) is 0.668. The molecule has 0 bridgehead atoms. The van der Waals surface area contributed by atoms with Gasteiger partial charge in [0.15, 0.2) is 6.61 Å². The van der Waals surface area contributed by atoms with Crippen LogP contribution in [0.3, 0.4) is 0 Å². The van der Waals surface area contributed by atoms with Crippen molar-refractivity contribution in [2.24, 2.45) is 5.73 Å². The summed E-state index contributed by atoms with van der Waals surface area (Å²) in [6.07, 6.45) is 7.50. The minimum atomic E-state index is -3.64. The Balaban J connectivity index is 1.51. The Hall–Kier alpha value is -2.72. The van der Waals surface area contributed by atoms with Gasteiger partial charge < -0.3 is 15.2 Å². The van der Waals surface area contributed by atoms with Gasteiger partial charge in [-0.25, -0.2) is 18.1 Å². The van der Waals surface area contributed by atoms with Gasteiger partial charge in [0.25, 0.3) is 5.91 Å². The Morgan fingerprint density at radius 2 is 1.86 bits per heavy atom. The zero-order valence-corrected chi connectivity index (χ0v) is 16.0. The predicted molar refractivity (Wildman–Crippen MR) is 100 cm³/mol. The van der Waals surface area contributed by atoms with E-state index in [0.29, 0.717) is 24.5 Å². The summed E-state index contributed by atoms with van der Waals surface area (Å²) < 4.78 is 38.8. The number of nitrogens with one attached hydrogen (secondary N) is 1. The van der Waals surface area contributed by atoms with E-state index in [2.05, 4.69) is 14.7 Å². The molecule has 1 aliphatic carbocycles. The van der Waals surface area contributed by atoms with Gasteiger partial charge in [0.05, 0.1) is 11.1 Å². The number of sulfonamides is 1. The predicted octanol–water partition coefficient (Wildman–Crippen LogP) is 1.01. The van der Waals surface area contributed by atoms with Crippen molar-refractivity contribution in [2.45, 2.75) is 42.7 Å². The van der Waals surface area contributed by atoms with Gasteiger partial charge in [-0.15, -0.1) is 0 Å². The SMILES string of the molecule is NC(=O)COc1ccc(S(=O)(=O)NC2CCC(Oc3cnccn3)CC2)cc1. The molecular weight excluding hydrogens is 384 g/mol. The number of amides is 1. The molecule has 3 N–H and O–H groups in total. The molecule has 0 saturated heterocycles. The number of nitrogens with two attached hydrogens (primary N) is 1. The minimum Gasteiger partial charge on any atom is -0.484 e. The average molecular weight is 406 g/mol. The Morgan fingerprint density at radius 3 is 2.46 bits per heavy atom. The van der Waals surface area contributed by atoms with Crippen LogP contribution in [-0.2, 0) is 14.8 Å². The first-order valence-corrected chi connectivity index (χ1v) is 10.4. The second kappa shape index (κ2) is 8.98. The lowest BCUT2D eigenvalue weighted by atomic mass is 9.94. The van der Waals surface area contributed by atoms with Gasteiger partial charge in [0, 0.05) is 18.4 Å². The number of hydrogen-bond donors (Lipinski definition) is 2. The number of primary amides is 1. The van der Waals surface area contributed by atoms with Crippen LogP contribution < -0.4 is 19.9 Å². The molecule has 150 valence electrons. The van der Waals surface area contributed by atoms with E-state index >= 15 is 0 Å². The van der Waals surface area contributed by atoms with Crippen LogP contribution in [0.4, 0.5) is 0 Å².